The maximum Gasteiger partial charge on any atom is 0.0877 e. The minimum atomic E-state index is -1.91. The van der Waals surface area contributed by atoms with Crippen LogP contribution in [0.15, 0.2) is 12.7 Å². The van der Waals surface area contributed by atoms with Crippen LogP contribution in [0.4, 0.5) is 0 Å². The second-order valence-electron chi connectivity index (χ2n) is 8.26. The van der Waals surface area contributed by atoms with E-state index in [9.17, 15) is 4.57 Å². The zero-order valence-electron chi connectivity index (χ0n) is 18.3. The van der Waals surface area contributed by atoms with Gasteiger partial charge in [-0.05, 0) is 32.1 Å². The largest absolute Gasteiger partial charge is 0.324 e. The van der Waals surface area contributed by atoms with Gasteiger partial charge in [0.05, 0.1) is 7.14 Å². The first-order valence-electron chi connectivity index (χ1n) is 11.9. The van der Waals surface area contributed by atoms with E-state index in [1.165, 1.54) is 103 Å². The van der Waals surface area contributed by atoms with E-state index in [0.29, 0.717) is 0 Å². The normalized spacial score (nSPS) is 11.8. The number of unbranched alkanes of at least 4 members (excludes halogenated alkanes) is 14. The molecule has 0 rings (SSSR count). The Hall–Kier alpha value is -0.0300. The summed E-state index contributed by atoms with van der Waals surface area (Å²) in [6.45, 7) is 8.33. The molecule has 26 heavy (non-hydrogen) atoms. The molecule has 0 aromatic rings. The van der Waals surface area contributed by atoms with Crippen LogP contribution < -0.4 is 0 Å². The Morgan fingerprint density at radius 2 is 0.923 bits per heavy atom. The molecule has 0 aromatic carbocycles. The van der Waals surface area contributed by atoms with Gasteiger partial charge in [-0.25, -0.2) is 0 Å². The average Bonchev–Trinajstić information content (AvgIpc) is 2.64. The molecule has 0 fully saturated rings. The molecule has 0 atom stereocenters. The standard InChI is InChI=1S/C24H49OP/c1-4-7-10-13-16-19-22-26(25,23-20-17-14-11-8-5-2)24-21-18-15-12-9-6-3/h4H,1,5-24H2,2-3H3. The van der Waals surface area contributed by atoms with Gasteiger partial charge in [-0.15, -0.1) is 6.58 Å². The molecule has 0 spiro atoms. The maximum absolute atomic E-state index is 13.5. The smallest absolute Gasteiger partial charge is 0.0877 e. The van der Waals surface area contributed by atoms with Crippen molar-refractivity contribution in [2.75, 3.05) is 18.5 Å². The van der Waals surface area contributed by atoms with Crippen molar-refractivity contribution in [1.82, 2.24) is 0 Å². The fraction of sp³-hybridized carbons (Fsp3) is 0.917. The van der Waals surface area contributed by atoms with Gasteiger partial charge in [0.15, 0.2) is 0 Å². The lowest BCUT2D eigenvalue weighted by Gasteiger charge is -2.18. The van der Waals surface area contributed by atoms with Crippen molar-refractivity contribution in [1.29, 1.82) is 0 Å². The number of hydrogen-bond donors (Lipinski definition) is 0. The quantitative estimate of drug-likeness (QED) is 0.109. The molecule has 0 saturated heterocycles. The van der Waals surface area contributed by atoms with Gasteiger partial charge in [0, 0.05) is 18.5 Å². The molecule has 0 amide bonds. The van der Waals surface area contributed by atoms with Gasteiger partial charge >= 0.3 is 0 Å². The van der Waals surface area contributed by atoms with Gasteiger partial charge < -0.3 is 4.57 Å². The van der Waals surface area contributed by atoms with Crippen molar-refractivity contribution in [3.63, 3.8) is 0 Å². The average molecular weight is 385 g/mol. The van der Waals surface area contributed by atoms with Crippen LogP contribution in [0, 0.1) is 0 Å². The third kappa shape index (κ3) is 17.4. The van der Waals surface area contributed by atoms with Gasteiger partial charge in [0.1, 0.15) is 0 Å². The molecule has 0 aliphatic heterocycles. The highest BCUT2D eigenvalue weighted by atomic mass is 31.2. The lowest BCUT2D eigenvalue weighted by atomic mass is 10.1. The summed E-state index contributed by atoms with van der Waals surface area (Å²) in [7, 11) is -1.91. The topological polar surface area (TPSA) is 17.1 Å². The van der Waals surface area contributed by atoms with Gasteiger partial charge in [0.2, 0.25) is 0 Å². The molecule has 0 radical (unpaired) electrons. The summed E-state index contributed by atoms with van der Waals surface area (Å²) in [5.74, 6) is 0. The monoisotopic (exact) mass is 384 g/mol. The first-order chi connectivity index (χ1) is 12.7. The first kappa shape index (κ1) is 26.0. The Labute approximate surface area is 166 Å². The lowest BCUT2D eigenvalue weighted by molar-refractivity contribution is 0.557. The summed E-state index contributed by atoms with van der Waals surface area (Å²) in [6.07, 6.45) is 26.9. The highest BCUT2D eigenvalue weighted by Gasteiger charge is 2.20. The molecule has 0 aromatic heterocycles. The van der Waals surface area contributed by atoms with Crippen molar-refractivity contribution < 1.29 is 4.57 Å². The molecule has 0 bridgehead atoms. The van der Waals surface area contributed by atoms with E-state index in [-0.39, 0.29) is 0 Å². The van der Waals surface area contributed by atoms with Crippen LogP contribution in [-0.4, -0.2) is 18.5 Å². The Morgan fingerprint density at radius 1 is 0.577 bits per heavy atom. The Kier molecular flexibility index (Phi) is 19.7. The van der Waals surface area contributed by atoms with Crippen LogP contribution in [0.3, 0.4) is 0 Å². The second kappa shape index (κ2) is 19.7. The molecule has 0 N–H and O–H groups in total. The van der Waals surface area contributed by atoms with Crippen molar-refractivity contribution in [3.8, 4) is 0 Å². The van der Waals surface area contributed by atoms with Gasteiger partial charge in [0.25, 0.3) is 0 Å². The second-order valence-corrected chi connectivity index (χ2v) is 11.7. The van der Waals surface area contributed by atoms with Crippen LogP contribution >= 0.6 is 7.14 Å². The molecule has 1 nitrogen and oxygen atoms in total. The van der Waals surface area contributed by atoms with Crippen LogP contribution in [0.2, 0.25) is 0 Å². The summed E-state index contributed by atoms with van der Waals surface area (Å²) in [5, 5.41) is 0. The van der Waals surface area contributed by atoms with E-state index in [0.717, 1.165) is 24.9 Å². The summed E-state index contributed by atoms with van der Waals surface area (Å²) < 4.78 is 13.5. The molecule has 0 unspecified atom stereocenters. The predicted octanol–water partition coefficient (Wildman–Crippen LogP) is 9.21. The van der Waals surface area contributed by atoms with Crippen molar-refractivity contribution in [2.24, 2.45) is 0 Å². The molecule has 0 heterocycles. The summed E-state index contributed by atoms with van der Waals surface area (Å²) >= 11 is 0. The lowest BCUT2D eigenvalue weighted by Crippen LogP contribution is -2.02. The van der Waals surface area contributed by atoms with E-state index < -0.39 is 7.14 Å². The Bertz CT molecular complexity index is 317. The van der Waals surface area contributed by atoms with E-state index >= 15 is 0 Å². The first-order valence-corrected chi connectivity index (χ1v) is 14.1. The molecule has 156 valence electrons. The molecule has 0 aliphatic rings. The molecule has 0 saturated carbocycles. The van der Waals surface area contributed by atoms with Gasteiger partial charge in [-0.1, -0.05) is 97.0 Å². The van der Waals surface area contributed by atoms with E-state index in [1.54, 1.807) is 0 Å². The van der Waals surface area contributed by atoms with E-state index in [4.69, 9.17) is 0 Å². The minimum Gasteiger partial charge on any atom is -0.324 e. The highest BCUT2D eigenvalue weighted by molar-refractivity contribution is 7.63. The van der Waals surface area contributed by atoms with Gasteiger partial charge in [-0.2, -0.15) is 0 Å². The third-order valence-corrected chi connectivity index (χ3v) is 8.96. The van der Waals surface area contributed by atoms with Gasteiger partial charge in [-0.3, -0.25) is 0 Å². The summed E-state index contributed by atoms with van der Waals surface area (Å²) in [4.78, 5) is 0. The SMILES string of the molecule is C=CCCCCCCP(=O)(CCCCCCCC)CCCCCCCC. The maximum atomic E-state index is 13.5. The summed E-state index contributed by atoms with van der Waals surface area (Å²) in [6, 6.07) is 0. The van der Waals surface area contributed by atoms with Crippen LogP contribution in [-0.2, 0) is 4.57 Å². The number of allylic oxidation sites excluding steroid dienone is 1. The van der Waals surface area contributed by atoms with E-state index in [1.807, 2.05) is 6.08 Å². The van der Waals surface area contributed by atoms with Crippen LogP contribution in [0.5, 0.6) is 0 Å². The Balaban J connectivity index is 4.06. The molecule has 2 heteroatoms. The van der Waals surface area contributed by atoms with Crippen molar-refractivity contribution in [2.45, 2.75) is 123 Å². The Morgan fingerprint density at radius 3 is 1.31 bits per heavy atom. The molecular formula is C24H49OP. The number of rotatable bonds is 21. The number of hydrogen-bond acceptors (Lipinski definition) is 1. The zero-order valence-corrected chi connectivity index (χ0v) is 19.2. The zero-order chi connectivity index (χ0) is 19.3. The van der Waals surface area contributed by atoms with Crippen LogP contribution in [0.1, 0.15) is 123 Å². The molecule has 0 aliphatic carbocycles. The van der Waals surface area contributed by atoms with E-state index in [2.05, 4.69) is 20.4 Å². The van der Waals surface area contributed by atoms with Crippen LogP contribution in [0.25, 0.3) is 0 Å². The van der Waals surface area contributed by atoms with Crippen molar-refractivity contribution in [3.05, 3.63) is 12.7 Å². The third-order valence-electron chi connectivity index (χ3n) is 5.56. The highest BCUT2D eigenvalue weighted by Crippen LogP contribution is 2.48. The molecular weight excluding hydrogens is 335 g/mol. The van der Waals surface area contributed by atoms with Crippen molar-refractivity contribution >= 4 is 7.14 Å². The fourth-order valence-electron chi connectivity index (χ4n) is 3.74. The fourth-order valence-corrected chi connectivity index (χ4v) is 6.81. The summed E-state index contributed by atoms with van der Waals surface area (Å²) in [5.41, 5.74) is 0. The minimum absolute atomic E-state index is 1.02. The predicted molar refractivity (Wildman–Crippen MR) is 122 cm³/mol.